The van der Waals surface area contributed by atoms with Crippen LogP contribution in [0.5, 0.6) is 5.75 Å². The van der Waals surface area contributed by atoms with E-state index in [9.17, 15) is 19.5 Å². The van der Waals surface area contributed by atoms with Crippen LogP contribution in [0.15, 0.2) is 54.6 Å². The molecule has 2 N–H and O–H groups in total. The molecule has 8 nitrogen and oxygen atoms in total. The van der Waals surface area contributed by atoms with Crippen LogP contribution in [0, 0.1) is 5.92 Å². The van der Waals surface area contributed by atoms with Gasteiger partial charge in [-0.1, -0.05) is 42.5 Å². The molecule has 0 bridgehead atoms. The number of rotatable bonds is 11. The van der Waals surface area contributed by atoms with Crippen LogP contribution in [0.4, 0.5) is 0 Å². The number of ether oxygens (including phenoxy) is 3. The molecule has 2 aromatic rings. The summed E-state index contributed by atoms with van der Waals surface area (Å²) in [6, 6.07) is 15.4. The summed E-state index contributed by atoms with van der Waals surface area (Å²) in [5.41, 5.74) is 0.475. The van der Waals surface area contributed by atoms with E-state index in [1.807, 2.05) is 63.2 Å². The van der Waals surface area contributed by atoms with Crippen molar-refractivity contribution in [1.82, 2.24) is 5.32 Å². The number of aliphatic hydroxyl groups is 1. The van der Waals surface area contributed by atoms with Gasteiger partial charge in [0.05, 0.1) is 18.9 Å². The molecule has 37 heavy (non-hydrogen) atoms. The van der Waals surface area contributed by atoms with Crippen LogP contribution in [-0.4, -0.2) is 46.8 Å². The first-order valence-corrected chi connectivity index (χ1v) is 12.4. The minimum absolute atomic E-state index is 0.0644. The predicted molar refractivity (Wildman–Crippen MR) is 140 cm³/mol. The summed E-state index contributed by atoms with van der Waals surface area (Å²) >= 11 is 0. The molecule has 0 spiro atoms. The first-order valence-electron chi connectivity index (χ1n) is 12.4. The zero-order valence-electron chi connectivity index (χ0n) is 22.6. The SMILES string of the molecule is CC(C)(C)OC(=O)[C@H](Cc1ccc(OC(C)(C)C)cc1)NC(=O)[C@H](CO)CC(=O)OCc1ccccc1. The van der Waals surface area contributed by atoms with Gasteiger partial charge in [0.25, 0.3) is 0 Å². The third-order valence-corrected chi connectivity index (χ3v) is 5.04. The molecule has 2 aromatic carbocycles. The number of amides is 1. The smallest absolute Gasteiger partial charge is 0.329 e. The molecular weight excluding hydrogens is 474 g/mol. The largest absolute Gasteiger partial charge is 0.488 e. The van der Waals surface area contributed by atoms with Gasteiger partial charge in [-0.25, -0.2) is 4.79 Å². The maximum Gasteiger partial charge on any atom is 0.329 e. The van der Waals surface area contributed by atoms with Gasteiger partial charge in [0.15, 0.2) is 0 Å². The minimum atomic E-state index is -1.07. The molecule has 202 valence electrons. The van der Waals surface area contributed by atoms with Crippen molar-refractivity contribution in [3.63, 3.8) is 0 Å². The van der Waals surface area contributed by atoms with E-state index >= 15 is 0 Å². The Morgan fingerprint density at radius 1 is 0.865 bits per heavy atom. The highest BCUT2D eigenvalue weighted by atomic mass is 16.6. The summed E-state index contributed by atoms with van der Waals surface area (Å²) in [5.74, 6) is -2.26. The number of hydrogen-bond donors (Lipinski definition) is 2. The highest BCUT2D eigenvalue weighted by Crippen LogP contribution is 2.20. The molecule has 0 fully saturated rings. The molecule has 0 aliphatic rings. The van der Waals surface area contributed by atoms with Gasteiger partial charge in [0, 0.05) is 6.42 Å². The van der Waals surface area contributed by atoms with E-state index in [0.717, 1.165) is 11.1 Å². The zero-order chi connectivity index (χ0) is 27.6. The average molecular weight is 514 g/mol. The fourth-order valence-electron chi connectivity index (χ4n) is 3.38. The van der Waals surface area contributed by atoms with Crippen LogP contribution in [0.2, 0.25) is 0 Å². The summed E-state index contributed by atoms with van der Waals surface area (Å²) in [4.78, 5) is 38.2. The number of carbonyl (C=O) groups excluding carboxylic acids is 3. The Balaban J connectivity index is 2.07. The monoisotopic (exact) mass is 513 g/mol. The highest BCUT2D eigenvalue weighted by molar-refractivity contribution is 5.88. The molecule has 2 rings (SSSR count). The number of esters is 2. The fourth-order valence-corrected chi connectivity index (χ4v) is 3.38. The van der Waals surface area contributed by atoms with Crippen molar-refractivity contribution < 1.29 is 33.7 Å². The highest BCUT2D eigenvalue weighted by Gasteiger charge is 2.30. The summed E-state index contributed by atoms with van der Waals surface area (Å²) < 4.78 is 16.6. The van der Waals surface area contributed by atoms with Gasteiger partial charge in [-0.2, -0.15) is 0 Å². The maximum absolute atomic E-state index is 13.0. The van der Waals surface area contributed by atoms with Crippen molar-refractivity contribution >= 4 is 17.8 Å². The number of benzene rings is 2. The Bertz CT molecular complexity index is 1020. The number of nitrogens with one attached hydrogen (secondary N) is 1. The third-order valence-electron chi connectivity index (χ3n) is 5.04. The molecule has 2 atom stereocenters. The van der Waals surface area contributed by atoms with Crippen molar-refractivity contribution in [2.24, 2.45) is 5.92 Å². The standard InChI is InChI=1S/C29H39NO7/c1-28(2,3)36-23-14-12-20(13-15-23)16-24(27(34)37-29(4,5)6)30-26(33)22(18-31)17-25(32)35-19-21-10-8-7-9-11-21/h7-15,22,24,31H,16-19H2,1-6H3,(H,30,33)/t22-,24-/m0/s1. The number of hydrogen-bond acceptors (Lipinski definition) is 7. The second kappa shape index (κ2) is 13.2. The van der Waals surface area contributed by atoms with E-state index in [-0.39, 0.29) is 25.0 Å². The number of carbonyl (C=O) groups is 3. The quantitative estimate of drug-likeness (QED) is 0.437. The van der Waals surface area contributed by atoms with Crippen LogP contribution >= 0.6 is 0 Å². The molecule has 0 aliphatic carbocycles. The molecule has 0 saturated carbocycles. The van der Waals surface area contributed by atoms with Gasteiger partial charge in [-0.15, -0.1) is 0 Å². The Morgan fingerprint density at radius 3 is 2.03 bits per heavy atom. The fraction of sp³-hybridized carbons (Fsp3) is 0.483. The summed E-state index contributed by atoms with van der Waals surface area (Å²) in [6.07, 6.45) is -0.165. The number of aliphatic hydroxyl groups excluding tert-OH is 1. The van der Waals surface area contributed by atoms with Crippen LogP contribution < -0.4 is 10.1 Å². The van der Waals surface area contributed by atoms with Crippen molar-refractivity contribution in [1.29, 1.82) is 0 Å². The normalized spacial score (nSPS) is 13.3. The minimum Gasteiger partial charge on any atom is -0.488 e. The van der Waals surface area contributed by atoms with Gasteiger partial charge < -0.3 is 24.6 Å². The van der Waals surface area contributed by atoms with E-state index in [1.54, 1.807) is 32.9 Å². The van der Waals surface area contributed by atoms with Crippen LogP contribution in [0.25, 0.3) is 0 Å². The van der Waals surface area contributed by atoms with E-state index in [1.165, 1.54) is 0 Å². The Labute approximate surface area is 219 Å². The zero-order valence-corrected chi connectivity index (χ0v) is 22.6. The molecule has 8 heteroatoms. The molecule has 0 radical (unpaired) electrons. The van der Waals surface area contributed by atoms with E-state index in [0.29, 0.717) is 5.75 Å². The molecule has 0 aliphatic heterocycles. The summed E-state index contributed by atoms with van der Waals surface area (Å²) in [7, 11) is 0. The molecule has 0 unspecified atom stereocenters. The Kier molecular flexibility index (Phi) is 10.7. The molecular formula is C29H39NO7. The molecule has 0 aromatic heterocycles. The first kappa shape index (κ1) is 29.8. The Morgan fingerprint density at radius 2 is 1.49 bits per heavy atom. The topological polar surface area (TPSA) is 111 Å². The molecule has 0 saturated heterocycles. The van der Waals surface area contributed by atoms with Crippen molar-refractivity contribution in [2.45, 2.75) is 78.2 Å². The second-order valence-corrected chi connectivity index (χ2v) is 10.9. The van der Waals surface area contributed by atoms with E-state index < -0.39 is 42.0 Å². The van der Waals surface area contributed by atoms with E-state index in [2.05, 4.69) is 5.32 Å². The van der Waals surface area contributed by atoms with Crippen molar-refractivity contribution in [2.75, 3.05) is 6.61 Å². The van der Waals surface area contributed by atoms with Crippen molar-refractivity contribution in [3.8, 4) is 5.75 Å². The lowest BCUT2D eigenvalue weighted by molar-refractivity contribution is -0.159. The van der Waals surface area contributed by atoms with Gasteiger partial charge in [-0.05, 0) is 64.8 Å². The predicted octanol–water partition coefficient (Wildman–Crippen LogP) is 3.97. The molecule has 0 heterocycles. The maximum atomic E-state index is 13.0. The lowest BCUT2D eigenvalue weighted by Crippen LogP contribution is -2.48. The van der Waals surface area contributed by atoms with Gasteiger partial charge in [0.2, 0.25) is 5.91 Å². The second-order valence-electron chi connectivity index (χ2n) is 10.9. The van der Waals surface area contributed by atoms with E-state index in [4.69, 9.17) is 14.2 Å². The van der Waals surface area contributed by atoms with Crippen LogP contribution in [0.3, 0.4) is 0 Å². The third kappa shape index (κ3) is 11.5. The lowest BCUT2D eigenvalue weighted by atomic mass is 10.0. The summed E-state index contributed by atoms with van der Waals surface area (Å²) in [6.45, 7) is 10.5. The lowest BCUT2D eigenvalue weighted by Gasteiger charge is -2.26. The molecule has 1 amide bonds. The average Bonchev–Trinajstić information content (AvgIpc) is 2.80. The summed E-state index contributed by atoms with van der Waals surface area (Å²) in [5, 5.41) is 12.4. The van der Waals surface area contributed by atoms with Gasteiger partial charge >= 0.3 is 11.9 Å². The van der Waals surface area contributed by atoms with Gasteiger partial charge in [-0.3, -0.25) is 9.59 Å². The Hall–Kier alpha value is -3.39. The van der Waals surface area contributed by atoms with Crippen LogP contribution in [-0.2, 0) is 36.9 Å². The first-order chi connectivity index (χ1) is 17.3. The van der Waals surface area contributed by atoms with Crippen molar-refractivity contribution in [3.05, 3.63) is 65.7 Å². The van der Waals surface area contributed by atoms with Crippen LogP contribution in [0.1, 0.15) is 59.1 Å². The van der Waals surface area contributed by atoms with Gasteiger partial charge in [0.1, 0.15) is 29.6 Å².